The SMILES string of the molecule is Cc1ccc([C@H]2CCCCCN2S(=O)(=O)c2ccc3c(c2)CCCC3)s1. The van der Waals surface area contributed by atoms with Crippen LogP contribution in [0.5, 0.6) is 0 Å². The standard InChI is InChI=1S/C21H27NO2S2/c1-16-10-13-21(25-16)20-9-3-2-6-14-22(20)26(23,24)19-12-11-17-7-4-5-8-18(17)15-19/h10-13,15,20H,2-9,14H2,1H3/t20-/m1/s1. The maximum Gasteiger partial charge on any atom is 0.243 e. The van der Waals surface area contributed by atoms with Crippen LogP contribution in [0.2, 0.25) is 0 Å². The second kappa shape index (κ2) is 7.45. The van der Waals surface area contributed by atoms with Crippen molar-refractivity contribution >= 4 is 21.4 Å². The monoisotopic (exact) mass is 389 g/mol. The molecule has 1 atom stereocenters. The molecule has 0 radical (unpaired) electrons. The number of sulfonamides is 1. The molecule has 1 saturated heterocycles. The third kappa shape index (κ3) is 3.49. The largest absolute Gasteiger partial charge is 0.243 e. The van der Waals surface area contributed by atoms with Gasteiger partial charge in [-0.25, -0.2) is 8.42 Å². The maximum absolute atomic E-state index is 13.5. The molecule has 5 heteroatoms. The molecule has 1 aromatic carbocycles. The van der Waals surface area contributed by atoms with Gasteiger partial charge in [0.2, 0.25) is 10.0 Å². The minimum Gasteiger partial charge on any atom is -0.207 e. The average molecular weight is 390 g/mol. The molecule has 2 aromatic rings. The second-order valence-corrected chi connectivity index (χ2v) is 10.8. The second-order valence-electron chi connectivity index (χ2n) is 7.57. The van der Waals surface area contributed by atoms with E-state index in [1.807, 2.05) is 18.2 Å². The van der Waals surface area contributed by atoms with Crippen molar-refractivity contribution in [3.63, 3.8) is 0 Å². The number of rotatable bonds is 3. The first kappa shape index (κ1) is 18.2. The highest BCUT2D eigenvalue weighted by Crippen LogP contribution is 2.38. The number of hydrogen-bond donors (Lipinski definition) is 0. The number of nitrogens with zero attached hydrogens (tertiary/aromatic N) is 1. The van der Waals surface area contributed by atoms with Gasteiger partial charge in [-0.3, -0.25) is 0 Å². The highest BCUT2D eigenvalue weighted by molar-refractivity contribution is 7.89. The normalized spacial score (nSPS) is 22.0. The molecular formula is C21H27NO2S2. The summed E-state index contributed by atoms with van der Waals surface area (Å²) in [7, 11) is -3.47. The molecule has 3 nitrogen and oxygen atoms in total. The van der Waals surface area contributed by atoms with Crippen molar-refractivity contribution in [1.29, 1.82) is 0 Å². The number of fused-ring (bicyclic) bond motifs is 1. The van der Waals surface area contributed by atoms with Gasteiger partial charge in [-0.2, -0.15) is 4.31 Å². The minimum atomic E-state index is -3.47. The predicted molar refractivity (Wildman–Crippen MR) is 107 cm³/mol. The van der Waals surface area contributed by atoms with E-state index in [9.17, 15) is 8.42 Å². The van der Waals surface area contributed by atoms with E-state index in [-0.39, 0.29) is 6.04 Å². The quantitative estimate of drug-likeness (QED) is 0.720. The van der Waals surface area contributed by atoms with Crippen molar-refractivity contribution in [2.45, 2.75) is 69.2 Å². The van der Waals surface area contributed by atoms with Crippen LogP contribution < -0.4 is 0 Å². The minimum absolute atomic E-state index is 0.0165. The van der Waals surface area contributed by atoms with Crippen molar-refractivity contribution in [2.24, 2.45) is 0 Å². The van der Waals surface area contributed by atoms with E-state index in [1.54, 1.807) is 15.6 Å². The summed E-state index contributed by atoms with van der Waals surface area (Å²) in [4.78, 5) is 2.92. The lowest BCUT2D eigenvalue weighted by Gasteiger charge is -2.29. The zero-order valence-electron chi connectivity index (χ0n) is 15.4. The van der Waals surface area contributed by atoms with Crippen LogP contribution in [-0.4, -0.2) is 19.3 Å². The summed E-state index contributed by atoms with van der Waals surface area (Å²) in [6.07, 6.45) is 8.54. The molecule has 1 fully saturated rings. The fraction of sp³-hybridized carbons (Fsp3) is 0.524. The number of benzene rings is 1. The molecule has 0 unspecified atom stereocenters. The molecule has 2 aliphatic rings. The molecule has 140 valence electrons. The van der Waals surface area contributed by atoms with Crippen LogP contribution in [-0.2, 0) is 22.9 Å². The van der Waals surface area contributed by atoms with E-state index in [0.717, 1.165) is 44.9 Å². The van der Waals surface area contributed by atoms with E-state index in [2.05, 4.69) is 19.1 Å². The number of aryl methyl sites for hydroxylation is 3. The van der Waals surface area contributed by atoms with Crippen LogP contribution in [0.4, 0.5) is 0 Å². The fourth-order valence-electron chi connectivity index (χ4n) is 4.29. The third-order valence-corrected chi connectivity index (χ3v) is 8.73. The van der Waals surface area contributed by atoms with Crippen molar-refractivity contribution < 1.29 is 8.42 Å². The summed E-state index contributed by atoms with van der Waals surface area (Å²) < 4.78 is 28.9. The Kier molecular flexibility index (Phi) is 5.22. The van der Waals surface area contributed by atoms with Gasteiger partial charge in [0.1, 0.15) is 0 Å². The molecule has 0 bridgehead atoms. The fourth-order valence-corrected chi connectivity index (χ4v) is 7.11. The third-order valence-electron chi connectivity index (χ3n) is 5.72. The van der Waals surface area contributed by atoms with Gasteiger partial charge in [-0.15, -0.1) is 11.3 Å². The first-order valence-electron chi connectivity index (χ1n) is 9.76. The van der Waals surface area contributed by atoms with E-state index in [4.69, 9.17) is 0 Å². The van der Waals surface area contributed by atoms with Crippen LogP contribution in [0.15, 0.2) is 35.2 Å². The molecule has 1 aliphatic heterocycles. The van der Waals surface area contributed by atoms with Gasteiger partial charge >= 0.3 is 0 Å². The number of hydrogen-bond acceptors (Lipinski definition) is 3. The zero-order valence-corrected chi connectivity index (χ0v) is 17.0. The van der Waals surface area contributed by atoms with Gasteiger partial charge in [0.25, 0.3) is 0 Å². The van der Waals surface area contributed by atoms with Crippen LogP contribution in [0, 0.1) is 6.92 Å². The lowest BCUT2D eigenvalue weighted by atomic mass is 9.92. The molecule has 26 heavy (non-hydrogen) atoms. The maximum atomic E-state index is 13.5. The Morgan fingerprint density at radius 1 is 0.962 bits per heavy atom. The lowest BCUT2D eigenvalue weighted by molar-refractivity contribution is 0.333. The smallest absolute Gasteiger partial charge is 0.207 e. The summed E-state index contributed by atoms with van der Waals surface area (Å²) in [5, 5.41) is 0. The molecule has 0 saturated carbocycles. The molecule has 0 spiro atoms. The Balaban J connectivity index is 1.72. The van der Waals surface area contributed by atoms with Crippen molar-refractivity contribution in [3.05, 3.63) is 51.2 Å². The molecule has 1 aromatic heterocycles. The summed E-state index contributed by atoms with van der Waals surface area (Å²) in [5.74, 6) is 0. The highest BCUT2D eigenvalue weighted by atomic mass is 32.2. The van der Waals surface area contributed by atoms with E-state index in [1.165, 1.54) is 27.3 Å². The van der Waals surface area contributed by atoms with Crippen LogP contribution in [0.3, 0.4) is 0 Å². The van der Waals surface area contributed by atoms with E-state index >= 15 is 0 Å². The van der Waals surface area contributed by atoms with Crippen LogP contribution in [0.25, 0.3) is 0 Å². The molecule has 4 rings (SSSR count). The molecule has 1 aliphatic carbocycles. The van der Waals surface area contributed by atoms with Crippen molar-refractivity contribution in [3.8, 4) is 0 Å². The Morgan fingerprint density at radius 3 is 2.54 bits per heavy atom. The Hall–Kier alpha value is -1.17. The van der Waals surface area contributed by atoms with Crippen LogP contribution in [0.1, 0.15) is 65.4 Å². The van der Waals surface area contributed by atoms with Gasteiger partial charge in [-0.05, 0) is 80.8 Å². The average Bonchev–Trinajstić information content (AvgIpc) is 2.92. The van der Waals surface area contributed by atoms with Gasteiger partial charge in [0.15, 0.2) is 0 Å². The van der Waals surface area contributed by atoms with Gasteiger partial charge in [-0.1, -0.05) is 18.9 Å². The predicted octanol–water partition coefficient (Wildman–Crippen LogP) is 5.24. The first-order chi connectivity index (χ1) is 12.6. The molecule has 2 heterocycles. The van der Waals surface area contributed by atoms with Crippen molar-refractivity contribution in [2.75, 3.05) is 6.54 Å². The number of thiophene rings is 1. The summed E-state index contributed by atoms with van der Waals surface area (Å²) in [6, 6.07) is 10.0. The molecule has 0 amide bonds. The van der Waals surface area contributed by atoms with E-state index in [0.29, 0.717) is 11.4 Å². The van der Waals surface area contributed by atoms with Crippen molar-refractivity contribution in [1.82, 2.24) is 4.31 Å². The molecule has 0 N–H and O–H groups in total. The van der Waals surface area contributed by atoms with Gasteiger partial charge in [0, 0.05) is 16.3 Å². The van der Waals surface area contributed by atoms with Crippen LogP contribution >= 0.6 is 11.3 Å². The van der Waals surface area contributed by atoms with Gasteiger partial charge in [0.05, 0.1) is 10.9 Å². The Morgan fingerprint density at radius 2 is 1.77 bits per heavy atom. The zero-order chi connectivity index (χ0) is 18.1. The molecular weight excluding hydrogens is 362 g/mol. The summed E-state index contributed by atoms with van der Waals surface area (Å²) >= 11 is 1.74. The lowest BCUT2D eigenvalue weighted by Crippen LogP contribution is -2.34. The Labute approximate surface area is 161 Å². The highest BCUT2D eigenvalue weighted by Gasteiger charge is 2.34. The van der Waals surface area contributed by atoms with E-state index < -0.39 is 10.0 Å². The van der Waals surface area contributed by atoms with Gasteiger partial charge < -0.3 is 0 Å². The topological polar surface area (TPSA) is 37.4 Å². The first-order valence-corrected chi connectivity index (χ1v) is 12.0. The summed E-state index contributed by atoms with van der Waals surface area (Å²) in [5.41, 5.74) is 2.56. The summed E-state index contributed by atoms with van der Waals surface area (Å²) in [6.45, 7) is 2.72. The Bertz CT molecular complexity index is 885.